The third-order valence-electron chi connectivity index (χ3n) is 7.84. The van der Waals surface area contributed by atoms with E-state index in [0.29, 0.717) is 25.3 Å². The number of halogens is 2. The topological polar surface area (TPSA) is 129 Å². The van der Waals surface area contributed by atoms with Crippen LogP contribution < -0.4 is 15.5 Å². The van der Waals surface area contributed by atoms with Crippen molar-refractivity contribution >= 4 is 23.7 Å². The number of amides is 2. The molecule has 0 aliphatic carbocycles. The number of nitrogens with zero attached hydrogens (tertiary/aromatic N) is 3. The van der Waals surface area contributed by atoms with E-state index in [0.717, 1.165) is 11.8 Å². The van der Waals surface area contributed by atoms with Gasteiger partial charge in [-0.05, 0) is 38.7 Å². The van der Waals surface area contributed by atoms with Gasteiger partial charge in [0.05, 0.1) is 18.4 Å². The molecule has 1 saturated heterocycles. The molecule has 1 spiro atoms. The average molecular weight is 587 g/mol. The van der Waals surface area contributed by atoms with Crippen LogP contribution in [0.5, 0.6) is 5.75 Å². The second kappa shape index (κ2) is 11.2. The molecule has 224 valence electrons. The Labute approximate surface area is 240 Å². The molecule has 1 N–H and O–H groups in total. The lowest BCUT2D eigenvalue weighted by atomic mass is 9.84. The molecule has 42 heavy (non-hydrogen) atoms. The fourth-order valence-electron chi connectivity index (χ4n) is 5.65. The number of benzene rings is 1. The molecule has 0 unspecified atom stereocenters. The van der Waals surface area contributed by atoms with Gasteiger partial charge in [0.15, 0.2) is 11.3 Å². The summed E-state index contributed by atoms with van der Waals surface area (Å²) in [6.07, 6.45) is 1.62. The van der Waals surface area contributed by atoms with Crippen molar-refractivity contribution in [2.24, 2.45) is 11.1 Å². The van der Waals surface area contributed by atoms with Gasteiger partial charge in [0.1, 0.15) is 17.2 Å². The van der Waals surface area contributed by atoms with Gasteiger partial charge < -0.3 is 29.1 Å². The van der Waals surface area contributed by atoms with Crippen LogP contribution in [0.3, 0.4) is 0 Å². The number of ether oxygens (including phenoxy) is 2. The van der Waals surface area contributed by atoms with E-state index in [1.807, 2.05) is 27.7 Å². The lowest BCUT2D eigenvalue weighted by Gasteiger charge is -2.42. The largest absolute Gasteiger partial charge is 0.514 e. The van der Waals surface area contributed by atoms with Crippen LogP contribution in [0.25, 0.3) is 0 Å². The zero-order chi connectivity index (χ0) is 30.3. The Bertz CT molecular complexity index is 1540. The molecular formula is C29H32F2N4O7. The summed E-state index contributed by atoms with van der Waals surface area (Å²) in [5.74, 6) is -3.79. The van der Waals surface area contributed by atoms with Crippen molar-refractivity contribution in [3.05, 3.63) is 63.1 Å². The Morgan fingerprint density at radius 2 is 2.02 bits per heavy atom. The molecule has 1 aromatic carbocycles. The summed E-state index contributed by atoms with van der Waals surface area (Å²) in [6, 6.07) is 2.09. The van der Waals surface area contributed by atoms with E-state index in [1.54, 1.807) is 4.90 Å². The number of carbonyl (C=O) groups excluding carboxylic acids is 3. The van der Waals surface area contributed by atoms with Gasteiger partial charge in [-0.25, -0.2) is 13.6 Å². The highest BCUT2D eigenvalue weighted by atomic mass is 19.1. The highest BCUT2D eigenvalue weighted by Gasteiger charge is 2.54. The first-order chi connectivity index (χ1) is 19.9. The predicted molar refractivity (Wildman–Crippen MR) is 145 cm³/mol. The van der Waals surface area contributed by atoms with Crippen molar-refractivity contribution in [2.75, 3.05) is 13.2 Å². The number of hydrogen-bond acceptors (Lipinski definition) is 8. The lowest BCUT2D eigenvalue weighted by Crippen LogP contribution is -2.52. The maximum atomic E-state index is 14.2. The van der Waals surface area contributed by atoms with Crippen molar-refractivity contribution in [3.8, 4) is 5.75 Å². The summed E-state index contributed by atoms with van der Waals surface area (Å²) in [7, 11) is 0. The zero-order valence-corrected chi connectivity index (χ0v) is 23.7. The molecule has 2 amide bonds. The monoisotopic (exact) mass is 586 g/mol. The first-order valence-electron chi connectivity index (χ1n) is 13.8. The van der Waals surface area contributed by atoms with E-state index in [2.05, 4.69) is 10.5 Å². The van der Waals surface area contributed by atoms with E-state index in [4.69, 9.17) is 14.3 Å². The van der Waals surface area contributed by atoms with Crippen LogP contribution in [0.4, 0.5) is 13.6 Å². The molecule has 2 bridgehead atoms. The molecule has 11 nitrogen and oxygen atoms in total. The van der Waals surface area contributed by atoms with E-state index >= 15 is 0 Å². The standard InChI is InChI=1S/C29H32F2N4O7/c1-15(2)14-40-28(39)41-25-23-27(38)34-13-22(29(8-7-17(34)4)10-16(3)33-42-29)35(23)12-20(24(25)36)26(37)32-11-18-5-6-19(30)9-21(18)31/h5-6,9,12,15,17,22H,7-8,10-11,13-14H2,1-4H3,(H,32,37)/t17-,22+,29-/m0/s1. The third-order valence-corrected chi connectivity index (χ3v) is 7.84. The van der Waals surface area contributed by atoms with Crippen LogP contribution in [-0.2, 0) is 16.1 Å². The number of fused-ring (bicyclic) bond motifs is 5. The molecule has 1 aromatic heterocycles. The minimum atomic E-state index is -1.20. The summed E-state index contributed by atoms with van der Waals surface area (Å²) < 4.78 is 39.5. The minimum absolute atomic E-state index is 0.000927. The summed E-state index contributed by atoms with van der Waals surface area (Å²) in [4.78, 5) is 61.2. The van der Waals surface area contributed by atoms with Crippen molar-refractivity contribution in [1.29, 1.82) is 0 Å². The molecule has 3 aliphatic rings. The Kier molecular flexibility index (Phi) is 7.78. The Morgan fingerprint density at radius 1 is 1.26 bits per heavy atom. The maximum Gasteiger partial charge on any atom is 0.514 e. The molecular weight excluding hydrogens is 554 g/mol. The fourth-order valence-corrected chi connectivity index (χ4v) is 5.65. The van der Waals surface area contributed by atoms with Gasteiger partial charge >= 0.3 is 6.16 Å². The van der Waals surface area contributed by atoms with Gasteiger partial charge in [-0.1, -0.05) is 25.1 Å². The Hall–Kier alpha value is -4.29. The van der Waals surface area contributed by atoms with E-state index in [9.17, 15) is 28.0 Å². The summed E-state index contributed by atoms with van der Waals surface area (Å²) >= 11 is 0. The smallest absolute Gasteiger partial charge is 0.434 e. The molecule has 0 saturated carbocycles. The van der Waals surface area contributed by atoms with Gasteiger partial charge in [-0.3, -0.25) is 14.4 Å². The van der Waals surface area contributed by atoms with Gasteiger partial charge in [0.25, 0.3) is 11.8 Å². The molecule has 4 heterocycles. The molecule has 2 aromatic rings. The van der Waals surface area contributed by atoms with Crippen LogP contribution in [0.1, 0.15) is 79.4 Å². The predicted octanol–water partition coefficient (Wildman–Crippen LogP) is 3.94. The highest BCUT2D eigenvalue weighted by molar-refractivity contribution is 6.00. The number of hydrogen-bond donors (Lipinski definition) is 1. The summed E-state index contributed by atoms with van der Waals surface area (Å²) in [5.41, 5.74) is -1.81. The maximum absolute atomic E-state index is 14.2. The zero-order valence-electron chi connectivity index (χ0n) is 23.7. The van der Waals surface area contributed by atoms with Crippen LogP contribution in [-0.4, -0.2) is 57.9 Å². The number of pyridine rings is 1. The number of rotatable bonds is 6. The highest BCUT2D eigenvalue weighted by Crippen LogP contribution is 2.46. The van der Waals surface area contributed by atoms with Crippen LogP contribution in [0.2, 0.25) is 0 Å². The average Bonchev–Trinajstić information content (AvgIpc) is 3.26. The van der Waals surface area contributed by atoms with Crippen molar-refractivity contribution in [2.45, 2.75) is 71.2 Å². The summed E-state index contributed by atoms with van der Waals surface area (Å²) in [6.45, 7) is 7.19. The first kappa shape index (κ1) is 29.2. The molecule has 3 atom stereocenters. The van der Waals surface area contributed by atoms with Crippen LogP contribution in [0, 0.1) is 17.6 Å². The number of carbonyl (C=O) groups is 3. The second-order valence-corrected chi connectivity index (χ2v) is 11.5. The van der Waals surface area contributed by atoms with Gasteiger partial charge in [-0.15, -0.1) is 0 Å². The van der Waals surface area contributed by atoms with E-state index in [1.165, 1.54) is 16.8 Å². The van der Waals surface area contributed by atoms with Gasteiger partial charge in [0, 0.05) is 43.4 Å². The second-order valence-electron chi connectivity index (χ2n) is 11.5. The van der Waals surface area contributed by atoms with Gasteiger partial charge in [-0.2, -0.15) is 0 Å². The quantitative estimate of drug-likeness (QED) is 0.508. The SMILES string of the molecule is CC1=NO[C@@]2(CC[C@H](C)N3C[C@H]2n2cc(C(=O)NCc4ccc(F)cc4F)c(=O)c(OC(=O)OCC(C)C)c2C3=O)C1. The molecule has 13 heteroatoms. The number of oxime groups is 1. The van der Waals surface area contributed by atoms with Crippen LogP contribution in [0.15, 0.2) is 34.3 Å². The van der Waals surface area contributed by atoms with Crippen molar-refractivity contribution in [3.63, 3.8) is 0 Å². The minimum Gasteiger partial charge on any atom is -0.434 e. The molecule has 0 radical (unpaired) electrons. The molecule has 3 aliphatic heterocycles. The van der Waals surface area contributed by atoms with E-state index in [-0.39, 0.29) is 42.9 Å². The lowest BCUT2D eigenvalue weighted by molar-refractivity contribution is -0.0655. The first-order valence-corrected chi connectivity index (χ1v) is 13.8. The van der Waals surface area contributed by atoms with Gasteiger partial charge in [0.2, 0.25) is 11.2 Å². The molecule has 1 fully saturated rings. The Balaban J connectivity index is 1.60. The number of aromatic nitrogens is 1. The van der Waals surface area contributed by atoms with E-state index < -0.39 is 58.0 Å². The normalized spacial score (nSPS) is 22.8. The number of nitrogens with one attached hydrogen (secondary N) is 1. The summed E-state index contributed by atoms with van der Waals surface area (Å²) in [5, 5.41) is 6.64. The molecule has 5 rings (SSSR count). The fraction of sp³-hybridized carbons (Fsp3) is 0.483. The third kappa shape index (κ3) is 5.35. The van der Waals surface area contributed by atoms with Crippen molar-refractivity contribution < 1.29 is 37.5 Å². The van der Waals surface area contributed by atoms with Crippen LogP contribution >= 0.6 is 0 Å². The Morgan fingerprint density at radius 3 is 2.69 bits per heavy atom. The van der Waals surface area contributed by atoms with Crippen molar-refractivity contribution in [1.82, 2.24) is 14.8 Å².